The molecule has 0 atom stereocenters. The van der Waals surface area contributed by atoms with Crippen molar-refractivity contribution in [2.75, 3.05) is 28.6 Å². The molecule has 0 saturated heterocycles. The van der Waals surface area contributed by atoms with Crippen LogP contribution in [-0.4, -0.2) is 25.4 Å². The van der Waals surface area contributed by atoms with E-state index >= 15 is 0 Å². The van der Waals surface area contributed by atoms with E-state index in [0.717, 1.165) is 0 Å². The molecule has 1 heterocycles. The van der Waals surface area contributed by atoms with Crippen LogP contribution < -0.4 is 21.5 Å². The maximum absolute atomic E-state index is 12.2. The van der Waals surface area contributed by atoms with Gasteiger partial charge in [0.25, 0.3) is 10.0 Å². The molecule has 0 spiro atoms. The van der Waals surface area contributed by atoms with Gasteiger partial charge in [0.05, 0.1) is 4.90 Å². The van der Waals surface area contributed by atoms with Crippen LogP contribution in [0.2, 0.25) is 0 Å². The average molecular weight is 294 g/mol. The van der Waals surface area contributed by atoms with Crippen LogP contribution in [0, 0.1) is 0 Å². The number of sulfonamides is 1. The molecule has 9 heteroatoms. The van der Waals surface area contributed by atoms with Gasteiger partial charge < -0.3 is 16.8 Å². The molecule has 0 aliphatic heterocycles. The molecule has 20 heavy (non-hydrogen) atoms. The number of aromatic nitrogens is 2. The third-order valence-electron chi connectivity index (χ3n) is 2.43. The third kappa shape index (κ3) is 3.06. The Morgan fingerprint density at radius 1 is 1.05 bits per heavy atom. The summed E-state index contributed by atoms with van der Waals surface area (Å²) in [6, 6.07) is 7.25. The highest BCUT2D eigenvalue weighted by molar-refractivity contribution is 7.92. The second-order valence-electron chi connectivity index (χ2n) is 3.92. The molecule has 106 valence electrons. The Morgan fingerprint density at radius 2 is 1.65 bits per heavy atom. The first-order valence-corrected chi connectivity index (χ1v) is 7.10. The summed E-state index contributed by atoms with van der Waals surface area (Å²) < 4.78 is 26.6. The van der Waals surface area contributed by atoms with Crippen LogP contribution in [-0.2, 0) is 10.0 Å². The van der Waals surface area contributed by atoms with Crippen molar-refractivity contribution in [1.82, 2.24) is 9.97 Å². The third-order valence-corrected chi connectivity index (χ3v) is 3.80. The molecule has 0 saturated carbocycles. The van der Waals surface area contributed by atoms with Crippen LogP contribution in [0.5, 0.6) is 0 Å². The topological polar surface area (TPSA) is 136 Å². The summed E-state index contributed by atoms with van der Waals surface area (Å²) in [4.78, 5) is 7.77. The van der Waals surface area contributed by atoms with E-state index in [4.69, 9.17) is 11.5 Å². The summed E-state index contributed by atoms with van der Waals surface area (Å²) in [7, 11) is -2.11. The number of anilines is 4. The van der Waals surface area contributed by atoms with Gasteiger partial charge in [-0.25, -0.2) is 8.42 Å². The van der Waals surface area contributed by atoms with E-state index in [2.05, 4.69) is 20.0 Å². The summed E-state index contributed by atoms with van der Waals surface area (Å²) in [6.45, 7) is 0. The van der Waals surface area contributed by atoms with Gasteiger partial charge in [0, 0.05) is 18.8 Å². The molecule has 0 radical (unpaired) electrons. The van der Waals surface area contributed by atoms with Crippen LogP contribution in [0.3, 0.4) is 0 Å². The van der Waals surface area contributed by atoms with Crippen molar-refractivity contribution in [3.63, 3.8) is 0 Å². The molecule has 1 aromatic heterocycles. The molecule has 2 aromatic rings. The summed E-state index contributed by atoms with van der Waals surface area (Å²) in [6.07, 6.45) is 0. The van der Waals surface area contributed by atoms with Crippen molar-refractivity contribution < 1.29 is 8.42 Å². The molecule has 0 bridgehead atoms. The van der Waals surface area contributed by atoms with Crippen molar-refractivity contribution in [3.05, 3.63) is 30.3 Å². The number of nitrogens with zero attached hydrogens (tertiary/aromatic N) is 2. The smallest absolute Gasteiger partial charge is 0.263 e. The number of hydrogen-bond acceptors (Lipinski definition) is 7. The summed E-state index contributed by atoms with van der Waals surface area (Å²) >= 11 is 0. The number of rotatable bonds is 4. The second kappa shape index (κ2) is 5.21. The zero-order valence-electron chi connectivity index (χ0n) is 10.7. The van der Waals surface area contributed by atoms with Crippen molar-refractivity contribution in [1.29, 1.82) is 0 Å². The van der Waals surface area contributed by atoms with E-state index < -0.39 is 10.0 Å². The van der Waals surface area contributed by atoms with Crippen molar-refractivity contribution in [3.8, 4) is 0 Å². The molecule has 6 N–H and O–H groups in total. The Balaban J connectivity index is 2.33. The Kier molecular flexibility index (Phi) is 3.61. The Labute approximate surface area is 116 Å². The fraction of sp³-hybridized carbons (Fsp3) is 0.0909. The maximum atomic E-state index is 12.2. The average Bonchev–Trinajstić information content (AvgIpc) is 2.37. The van der Waals surface area contributed by atoms with Gasteiger partial charge in [-0.15, -0.1) is 0 Å². The second-order valence-corrected chi connectivity index (χ2v) is 5.60. The molecule has 0 aliphatic carbocycles. The Bertz CT molecular complexity index is 714. The monoisotopic (exact) mass is 294 g/mol. The fourth-order valence-electron chi connectivity index (χ4n) is 1.49. The van der Waals surface area contributed by atoms with E-state index in [1.54, 1.807) is 7.05 Å². The van der Waals surface area contributed by atoms with E-state index in [1.165, 1.54) is 30.3 Å². The molecular weight excluding hydrogens is 280 g/mol. The number of nitrogens with one attached hydrogen (secondary N) is 2. The van der Waals surface area contributed by atoms with Gasteiger partial charge in [0.15, 0.2) is 0 Å². The zero-order valence-corrected chi connectivity index (χ0v) is 11.5. The lowest BCUT2D eigenvalue weighted by Gasteiger charge is -2.09. The van der Waals surface area contributed by atoms with Crippen molar-refractivity contribution in [2.45, 2.75) is 4.90 Å². The zero-order chi connectivity index (χ0) is 14.8. The molecule has 0 amide bonds. The predicted molar refractivity (Wildman–Crippen MR) is 77.7 cm³/mol. The van der Waals surface area contributed by atoms with Gasteiger partial charge in [-0.3, -0.25) is 4.72 Å². The van der Waals surface area contributed by atoms with Gasteiger partial charge in [-0.05, 0) is 24.3 Å². The molecule has 0 fully saturated rings. The van der Waals surface area contributed by atoms with Crippen LogP contribution >= 0.6 is 0 Å². The largest absolute Gasteiger partial charge is 0.399 e. The minimum absolute atomic E-state index is 0.0353. The summed E-state index contributed by atoms with van der Waals surface area (Å²) in [5, 5.41) is 2.76. The lowest BCUT2D eigenvalue weighted by Crippen LogP contribution is -2.15. The van der Waals surface area contributed by atoms with E-state index in [-0.39, 0.29) is 16.7 Å². The summed E-state index contributed by atoms with van der Waals surface area (Å²) in [5.74, 6) is 0.457. The highest BCUT2D eigenvalue weighted by Crippen LogP contribution is 2.18. The Morgan fingerprint density at radius 3 is 2.25 bits per heavy atom. The number of hydrogen-bond donors (Lipinski definition) is 4. The fourth-order valence-corrected chi connectivity index (χ4v) is 2.48. The highest BCUT2D eigenvalue weighted by Gasteiger charge is 2.15. The first-order valence-electron chi connectivity index (χ1n) is 5.61. The van der Waals surface area contributed by atoms with Crippen LogP contribution in [0.25, 0.3) is 0 Å². The molecular formula is C11H14N6O2S. The van der Waals surface area contributed by atoms with Crippen LogP contribution in [0.4, 0.5) is 23.3 Å². The van der Waals surface area contributed by atoms with Gasteiger partial charge in [-0.2, -0.15) is 9.97 Å². The van der Waals surface area contributed by atoms with Crippen molar-refractivity contribution >= 4 is 33.3 Å². The lowest BCUT2D eigenvalue weighted by atomic mass is 10.3. The predicted octanol–water partition coefficient (Wildman–Crippen LogP) is 0.483. The minimum atomic E-state index is -3.75. The molecule has 0 aliphatic rings. The highest BCUT2D eigenvalue weighted by atomic mass is 32.2. The Hall–Kier alpha value is -2.55. The molecule has 1 aromatic carbocycles. The first-order chi connectivity index (χ1) is 9.40. The van der Waals surface area contributed by atoms with Gasteiger partial charge >= 0.3 is 0 Å². The number of nitrogen functional groups attached to an aromatic ring is 2. The van der Waals surface area contributed by atoms with Crippen LogP contribution in [0.1, 0.15) is 0 Å². The number of benzene rings is 1. The quantitative estimate of drug-likeness (QED) is 0.602. The van der Waals surface area contributed by atoms with Crippen LogP contribution in [0.15, 0.2) is 35.2 Å². The normalized spacial score (nSPS) is 11.1. The van der Waals surface area contributed by atoms with Gasteiger partial charge in [0.2, 0.25) is 5.95 Å². The van der Waals surface area contributed by atoms with E-state index in [1.807, 2.05) is 0 Å². The summed E-state index contributed by atoms with van der Waals surface area (Å²) in [5.41, 5.74) is 11.5. The lowest BCUT2D eigenvalue weighted by molar-refractivity contribution is 0.601. The van der Waals surface area contributed by atoms with E-state index in [9.17, 15) is 8.42 Å². The van der Waals surface area contributed by atoms with Gasteiger partial charge in [-0.1, -0.05) is 0 Å². The first kappa shape index (κ1) is 13.9. The maximum Gasteiger partial charge on any atom is 0.263 e. The molecule has 8 nitrogen and oxygen atoms in total. The molecule has 2 rings (SSSR count). The van der Waals surface area contributed by atoms with Gasteiger partial charge in [0.1, 0.15) is 11.6 Å². The number of nitrogens with two attached hydrogens (primary N) is 2. The standard InChI is InChI=1S/C11H14N6O2S/c1-14-9-6-10(16-11(13)15-9)17-20(18,19)8-4-2-7(12)3-5-8/h2-6H,12H2,1H3,(H4,13,14,15,16,17). The van der Waals surface area contributed by atoms with E-state index in [0.29, 0.717) is 11.5 Å². The van der Waals surface area contributed by atoms with Crippen molar-refractivity contribution in [2.24, 2.45) is 0 Å². The SMILES string of the molecule is CNc1cc(NS(=O)(=O)c2ccc(N)cc2)nc(N)n1. The minimum Gasteiger partial charge on any atom is -0.399 e. The molecule has 0 unspecified atom stereocenters.